The largest absolute Gasteiger partial charge is 0.587 e. The molecule has 0 amide bonds. The molecule has 0 spiro atoms. The molecule has 2 aromatic heterocycles. The topological polar surface area (TPSA) is 103 Å². The lowest BCUT2D eigenvalue weighted by atomic mass is 10.2. The van der Waals surface area contributed by atoms with Gasteiger partial charge >= 0.3 is 0 Å². The molecule has 2 aromatic carbocycles. The number of hydrogen-bond donors (Lipinski definition) is 2. The minimum atomic E-state index is -1.55. The Labute approximate surface area is 207 Å². The van der Waals surface area contributed by atoms with Crippen LogP contribution in [0.2, 0.25) is 0 Å². The summed E-state index contributed by atoms with van der Waals surface area (Å²) in [5.74, 6) is 0.647. The molecule has 0 bridgehead atoms. The average Bonchev–Trinajstić information content (AvgIpc) is 3.33. The van der Waals surface area contributed by atoms with Crippen LogP contribution in [-0.4, -0.2) is 62.8 Å². The summed E-state index contributed by atoms with van der Waals surface area (Å²) in [5.41, 5.74) is 3.25. The summed E-state index contributed by atoms with van der Waals surface area (Å²) in [6.45, 7) is 4.71. The Hall–Kier alpha value is -3.55. The zero-order valence-corrected chi connectivity index (χ0v) is 20.0. The Morgan fingerprint density at radius 3 is 2.57 bits per heavy atom. The number of nitrogens with zero attached hydrogens (tertiary/aromatic N) is 5. The lowest BCUT2D eigenvalue weighted by Gasteiger charge is -2.35. The first-order valence-corrected chi connectivity index (χ1v) is 12.6. The number of piperazine rings is 1. The third-order valence-corrected chi connectivity index (χ3v) is 7.61. The van der Waals surface area contributed by atoms with Crippen LogP contribution in [0.1, 0.15) is 5.56 Å². The first-order valence-electron chi connectivity index (χ1n) is 11.5. The standard InChI is InChI=1S/C26H26N6O2S/c27-18-20-3-1-2-4-25(20)35(34)32-10-9-21-19-28-26(17-24(21)32)29-22-5-7-23(8-6-22)31-13-11-30(12-14-31)15-16-33/h1-10,17,19,33H,11-16H2,(H,28,29). The van der Waals surface area contributed by atoms with Crippen molar-refractivity contribution >= 4 is 39.5 Å². The molecule has 5 rings (SSSR count). The number of anilines is 3. The molecule has 35 heavy (non-hydrogen) atoms. The van der Waals surface area contributed by atoms with Gasteiger partial charge in [0.15, 0.2) is 4.90 Å². The van der Waals surface area contributed by atoms with Crippen LogP contribution in [0, 0.1) is 11.3 Å². The van der Waals surface area contributed by atoms with Gasteiger partial charge in [0.05, 0.1) is 12.8 Å². The van der Waals surface area contributed by atoms with Crippen molar-refractivity contribution in [2.24, 2.45) is 0 Å². The maximum absolute atomic E-state index is 13.3. The van der Waals surface area contributed by atoms with Crippen molar-refractivity contribution in [3.05, 3.63) is 78.6 Å². The molecule has 1 aliphatic heterocycles. The van der Waals surface area contributed by atoms with E-state index >= 15 is 0 Å². The van der Waals surface area contributed by atoms with E-state index in [1.807, 2.05) is 24.3 Å². The molecule has 178 valence electrons. The minimum Gasteiger partial charge on any atom is -0.587 e. The van der Waals surface area contributed by atoms with Gasteiger partial charge in [-0.1, -0.05) is 12.1 Å². The Bertz CT molecular complexity index is 1340. The van der Waals surface area contributed by atoms with E-state index in [0.717, 1.165) is 49.3 Å². The Kier molecular flexibility index (Phi) is 6.88. The summed E-state index contributed by atoms with van der Waals surface area (Å²) >= 11 is -1.55. The molecule has 0 saturated carbocycles. The van der Waals surface area contributed by atoms with Crippen LogP contribution in [0.25, 0.3) is 10.9 Å². The number of fused-ring (bicyclic) bond motifs is 1. The van der Waals surface area contributed by atoms with E-state index in [1.54, 1.807) is 40.6 Å². The van der Waals surface area contributed by atoms with Crippen LogP contribution in [0.5, 0.6) is 0 Å². The highest BCUT2D eigenvalue weighted by molar-refractivity contribution is 7.90. The lowest BCUT2D eigenvalue weighted by Crippen LogP contribution is -2.47. The first-order chi connectivity index (χ1) is 17.2. The van der Waals surface area contributed by atoms with Gasteiger partial charge in [-0.2, -0.15) is 9.23 Å². The highest BCUT2D eigenvalue weighted by Gasteiger charge is 2.21. The fourth-order valence-electron chi connectivity index (χ4n) is 4.31. The molecule has 1 atom stereocenters. The quantitative estimate of drug-likeness (QED) is 0.386. The Balaban J connectivity index is 1.32. The summed E-state index contributed by atoms with van der Waals surface area (Å²) in [4.78, 5) is 9.61. The molecular formula is C26H26N6O2S. The number of nitriles is 1. The molecule has 1 unspecified atom stereocenters. The Morgan fingerprint density at radius 2 is 1.83 bits per heavy atom. The number of aliphatic hydroxyl groups excluding tert-OH is 1. The first kappa shape index (κ1) is 23.2. The van der Waals surface area contributed by atoms with Crippen LogP contribution < -0.4 is 10.2 Å². The van der Waals surface area contributed by atoms with Gasteiger partial charge in [0.2, 0.25) is 0 Å². The number of rotatable bonds is 7. The summed E-state index contributed by atoms with van der Waals surface area (Å²) in [6.07, 6.45) is 3.51. The number of hydrogen-bond acceptors (Lipinski definition) is 7. The van der Waals surface area contributed by atoms with Crippen LogP contribution in [0.3, 0.4) is 0 Å². The van der Waals surface area contributed by atoms with Gasteiger partial charge in [0.1, 0.15) is 34.3 Å². The monoisotopic (exact) mass is 486 g/mol. The van der Waals surface area contributed by atoms with Gasteiger partial charge in [0, 0.05) is 61.7 Å². The van der Waals surface area contributed by atoms with Gasteiger partial charge in [-0.3, -0.25) is 4.90 Å². The number of aromatic nitrogens is 2. The second-order valence-corrected chi connectivity index (χ2v) is 9.68. The molecule has 0 aliphatic carbocycles. The van der Waals surface area contributed by atoms with Crippen molar-refractivity contribution in [1.82, 2.24) is 13.9 Å². The molecule has 3 heterocycles. The Morgan fingerprint density at radius 1 is 1.06 bits per heavy atom. The van der Waals surface area contributed by atoms with E-state index in [2.05, 4.69) is 38.3 Å². The fraction of sp³-hybridized carbons (Fsp3) is 0.231. The highest BCUT2D eigenvalue weighted by Crippen LogP contribution is 2.27. The van der Waals surface area contributed by atoms with Gasteiger partial charge < -0.3 is 19.9 Å². The molecule has 2 N–H and O–H groups in total. The van der Waals surface area contributed by atoms with Crippen molar-refractivity contribution in [2.45, 2.75) is 4.90 Å². The van der Waals surface area contributed by atoms with E-state index in [4.69, 9.17) is 5.11 Å². The molecule has 1 fully saturated rings. The van der Waals surface area contributed by atoms with Gasteiger partial charge in [0.25, 0.3) is 0 Å². The lowest BCUT2D eigenvalue weighted by molar-refractivity contribution is 0.189. The minimum absolute atomic E-state index is 0.202. The molecule has 4 aromatic rings. The number of β-amino-alcohol motifs (C(OH)–C–C–N with tert-alkyl or cyclic N) is 1. The average molecular weight is 487 g/mol. The molecule has 1 aliphatic rings. The molecule has 9 heteroatoms. The van der Waals surface area contributed by atoms with Crippen LogP contribution >= 0.6 is 0 Å². The summed E-state index contributed by atoms with van der Waals surface area (Å²) in [5, 5.41) is 22.7. The van der Waals surface area contributed by atoms with Crippen molar-refractivity contribution < 1.29 is 9.66 Å². The van der Waals surface area contributed by atoms with Gasteiger partial charge in [-0.25, -0.2) is 4.98 Å². The molecule has 1 saturated heterocycles. The molecule has 0 radical (unpaired) electrons. The third kappa shape index (κ3) is 4.97. The highest BCUT2D eigenvalue weighted by atomic mass is 32.2. The molecule has 8 nitrogen and oxygen atoms in total. The number of aliphatic hydroxyl groups is 1. The second-order valence-electron chi connectivity index (χ2n) is 8.35. The van der Waals surface area contributed by atoms with E-state index in [0.29, 0.717) is 16.3 Å². The van der Waals surface area contributed by atoms with Crippen molar-refractivity contribution in [3.63, 3.8) is 0 Å². The van der Waals surface area contributed by atoms with E-state index in [1.165, 1.54) is 5.69 Å². The number of nitrogens with one attached hydrogen (secondary N) is 1. The predicted octanol–water partition coefficient (Wildman–Crippen LogP) is 3.34. The van der Waals surface area contributed by atoms with Crippen LogP contribution in [-0.2, 0) is 11.4 Å². The SMILES string of the molecule is N#Cc1ccccc1[S+]([O-])n1ccc2cnc(Nc3ccc(N4CCN(CCO)CC4)cc3)cc21. The number of pyridine rings is 1. The maximum Gasteiger partial charge on any atom is 0.198 e. The zero-order valence-electron chi connectivity index (χ0n) is 19.2. The van der Waals surface area contributed by atoms with Crippen molar-refractivity contribution in [2.75, 3.05) is 49.5 Å². The second kappa shape index (κ2) is 10.4. The normalized spacial score (nSPS) is 15.2. The van der Waals surface area contributed by atoms with E-state index < -0.39 is 11.4 Å². The van der Waals surface area contributed by atoms with E-state index in [9.17, 15) is 9.81 Å². The predicted molar refractivity (Wildman–Crippen MR) is 138 cm³/mol. The smallest absolute Gasteiger partial charge is 0.198 e. The van der Waals surface area contributed by atoms with Gasteiger partial charge in [-0.15, -0.1) is 0 Å². The maximum atomic E-state index is 13.3. The van der Waals surface area contributed by atoms with Gasteiger partial charge in [-0.05, 0) is 42.5 Å². The molecular weight excluding hydrogens is 460 g/mol. The van der Waals surface area contributed by atoms with E-state index in [-0.39, 0.29) is 6.61 Å². The fourth-order valence-corrected chi connectivity index (χ4v) is 5.52. The van der Waals surface area contributed by atoms with Crippen molar-refractivity contribution in [3.8, 4) is 6.07 Å². The van der Waals surface area contributed by atoms with Crippen LogP contribution in [0.15, 0.2) is 78.0 Å². The van der Waals surface area contributed by atoms with Crippen molar-refractivity contribution in [1.29, 1.82) is 5.26 Å². The number of benzene rings is 2. The third-order valence-electron chi connectivity index (χ3n) is 6.21. The summed E-state index contributed by atoms with van der Waals surface area (Å²) in [6, 6.07) is 21.1. The summed E-state index contributed by atoms with van der Waals surface area (Å²) < 4.78 is 14.9. The summed E-state index contributed by atoms with van der Waals surface area (Å²) in [7, 11) is 0. The zero-order chi connectivity index (χ0) is 24.2. The van der Waals surface area contributed by atoms with Crippen LogP contribution in [0.4, 0.5) is 17.2 Å².